The molecule has 0 atom stereocenters. The lowest BCUT2D eigenvalue weighted by Gasteiger charge is -2.17. The van der Waals surface area contributed by atoms with Crippen LogP contribution in [0.4, 0.5) is 0 Å². The zero-order valence-corrected chi connectivity index (χ0v) is 38.5. The molecule has 0 aliphatic rings. The highest BCUT2D eigenvalue weighted by Crippen LogP contribution is 2.18. The standard InChI is InChI=1S/C24H24IN3O5.C24H23N3O5/c1-4-13-26-22(29)21-20(25)23(30)28(15-17-7-11-19(33-3)12-8-17)24(31)27(21)14-16-5-9-18(32-2)10-6-16;1-15-12-25-22(28)21-20(15)23(29)27(14-17-6-10-19(32-3)11-7-17)24(30)26(21)13-16-4-8-18(31-2)9-5-16/h4-12H,1,13-15H2,2-3H3,(H,26,29);4-12H,13-14H2,1-3H3,(H,25,28). The van der Waals surface area contributed by atoms with Gasteiger partial charge in [-0.05, 0) is 106 Å². The number of methoxy groups -OCH3 is 4. The number of hydrogen-bond donors (Lipinski definition) is 2. The number of halogens is 1. The van der Waals surface area contributed by atoms with E-state index in [1.165, 1.54) is 26.0 Å². The molecule has 3 heterocycles. The van der Waals surface area contributed by atoms with Crippen LogP contribution in [0.3, 0.4) is 0 Å². The SMILES string of the molecule is C=CCNC(=O)c1c(I)c(=O)n(Cc2ccc(OC)cc2)c(=O)n1Cc1ccc(OC)cc1.COc1ccc(Cn2c(=O)c3c(C)c[nH]c(=O)c3n(Cc3ccc(OC)cc3)c2=O)cc1. The maximum absolute atomic E-state index is 13.5. The lowest BCUT2D eigenvalue weighted by atomic mass is 10.1. The summed E-state index contributed by atoms with van der Waals surface area (Å²) in [5, 5.41) is 2.90. The Bertz CT molecular complexity index is 3130. The highest BCUT2D eigenvalue weighted by atomic mass is 127. The Morgan fingerprint density at radius 3 is 1.37 bits per heavy atom. The zero-order valence-electron chi connectivity index (χ0n) is 36.4. The quantitative estimate of drug-likeness (QED) is 0.106. The lowest BCUT2D eigenvalue weighted by molar-refractivity contribution is 0.0945. The van der Waals surface area contributed by atoms with Crippen molar-refractivity contribution in [3.8, 4) is 23.0 Å². The van der Waals surface area contributed by atoms with Crippen LogP contribution in [0.1, 0.15) is 38.3 Å². The topological polar surface area (TPSA) is 187 Å². The molecule has 4 aromatic carbocycles. The molecule has 7 aromatic rings. The molecule has 0 saturated carbocycles. The lowest BCUT2D eigenvalue weighted by Crippen LogP contribution is -2.46. The van der Waals surface area contributed by atoms with Gasteiger partial charge in [0.1, 0.15) is 37.8 Å². The third-order valence-electron chi connectivity index (χ3n) is 10.5. The molecular formula is C48H47IN6O10. The second-order valence-electron chi connectivity index (χ2n) is 14.6. The minimum atomic E-state index is -0.573. The summed E-state index contributed by atoms with van der Waals surface area (Å²) in [6.45, 7) is 5.92. The zero-order chi connectivity index (χ0) is 46.8. The summed E-state index contributed by atoms with van der Waals surface area (Å²) in [6.07, 6.45) is 3.02. The molecule has 3 aromatic heterocycles. The number of aromatic nitrogens is 5. The minimum Gasteiger partial charge on any atom is -0.497 e. The number of pyridine rings is 1. The molecule has 336 valence electrons. The van der Waals surface area contributed by atoms with Crippen LogP contribution >= 0.6 is 22.6 Å². The molecule has 16 nitrogen and oxygen atoms in total. The van der Waals surface area contributed by atoms with Gasteiger partial charge in [0.15, 0.2) is 0 Å². The second kappa shape index (κ2) is 21.3. The van der Waals surface area contributed by atoms with Crippen molar-refractivity contribution in [1.82, 2.24) is 28.6 Å². The summed E-state index contributed by atoms with van der Waals surface area (Å²) in [5.41, 5.74) is 1.17. The smallest absolute Gasteiger partial charge is 0.332 e. The first-order chi connectivity index (χ1) is 31.3. The van der Waals surface area contributed by atoms with Gasteiger partial charge in [-0.3, -0.25) is 37.4 Å². The third-order valence-corrected chi connectivity index (χ3v) is 11.4. The average molecular weight is 995 g/mol. The third kappa shape index (κ3) is 10.7. The van der Waals surface area contributed by atoms with Gasteiger partial charge in [0.25, 0.3) is 22.6 Å². The highest BCUT2D eigenvalue weighted by molar-refractivity contribution is 14.1. The fourth-order valence-electron chi connectivity index (χ4n) is 6.97. The largest absolute Gasteiger partial charge is 0.497 e. The Morgan fingerprint density at radius 2 is 0.969 bits per heavy atom. The fourth-order valence-corrected chi connectivity index (χ4v) is 7.80. The number of ether oxygens (including phenoxy) is 4. The van der Waals surface area contributed by atoms with Gasteiger partial charge >= 0.3 is 11.4 Å². The van der Waals surface area contributed by atoms with Gasteiger partial charge in [-0.2, -0.15) is 0 Å². The molecule has 0 bridgehead atoms. The second-order valence-corrected chi connectivity index (χ2v) is 15.7. The number of aromatic amines is 1. The predicted molar refractivity (Wildman–Crippen MR) is 256 cm³/mol. The summed E-state index contributed by atoms with van der Waals surface area (Å²) >= 11 is 1.83. The van der Waals surface area contributed by atoms with Crippen LogP contribution in [0.15, 0.2) is 140 Å². The average Bonchev–Trinajstić information content (AvgIpc) is 3.33. The van der Waals surface area contributed by atoms with Crippen LogP contribution in [0, 0.1) is 10.5 Å². The molecule has 0 radical (unpaired) electrons. The van der Waals surface area contributed by atoms with Crippen molar-refractivity contribution in [2.45, 2.75) is 33.1 Å². The molecule has 0 aliphatic carbocycles. The Kier molecular flexibility index (Phi) is 15.4. The molecule has 17 heteroatoms. The van der Waals surface area contributed by atoms with Crippen LogP contribution in [0.2, 0.25) is 0 Å². The first kappa shape index (κ1) is 47.1. The molecule has 65 heavy (non-hydrogen) atoms. The summed E-state index contributed by atoms with van der Waals surface area (Å²) in [4.78, 5) is 81.5. The van der Waals surface area contributed by atoms with E-state index < -0.39 is 34.0 Å². The summed E-state index contributed by atoms with van der Waals surface area (Å²) in [5.74, 6) is 2.20. The molecule has 7 rings (SSSR count). The van der Waals surface area contributed by atoms with Crippen molar-refractivity contribution in [2.75, 3.05) is 35.0 Å². The van der Waals surface area contributed by atoms with Gasteiger partial charge in [-0.1, -0.05) is 54.6 Å². The fraction of sp³-hybridized carbons (Fsp3) is 0.208. The van der Waals surface area contributed by atoms with Crippen molar-refractivity contribution in [3.05, 3.63) is 205 Å². The maximum Gasteiger partial charge on any atom is 0.332 e. The van der Waals surface area contributed by atoms with E-state index in [0.29, 0.717) is 28.6 Å². The van der Waals surface area contributed by atoms with E-state index >= 15 is 0 Å². The number of H-pyrrole nitrogens is 1. The normalized spacial score (nSPS) is 10.7. The minimum absolute atomic E-state index is 0.0225. The molecule has 0 spiro atoms. The Labute approximate surface area is 386 Å². The highest BCUT2D eigenvalue weighted by Gasteiger charge is 2.23. The van der Waals surface area contributed by atoms with E-state index in [9.17, 15) is 28.8 Å². The number of nitrogens with one attached hydrogen (secondary N) is 2. The van der Waals surface area contributed by atoms with Crippen LogP contribution in [-0.4, -0.2) is 64.1 Å². The maximum atomic E-state index is 13.5. The first-order valence-corrected chi connectivity index (χ1v) is 21.2. The Balaban J connectivity index is 0.000000215. The van der Waals surface area contributed by atoms with Crippen molar-refractivity contribution in [2.24, 2.45) is 0 Å². The van der Waals surface area contributed by atoms with E-state index in [4.69, 9.17) is 18.9 Å². The van der Waals surface area contributed by atoms with Crippen LogP contribution in [0.5, 0.6) is 23.0 Å². The van der Waals surface area contributed by atoms with Crippen molar-refractivity contribution in [1.29, 1.82) is 0 Å². The van der Waals surface area contributed by atoms with Gasteiger partial charge in [-0.15, -0.1) is 6.58 Å². The summed E-state index contributed by atoms with van der Waals surface area (Å²) < 4.78 is 25.9. The number of rotatable bonds is 15. The number of amides is 1. The summed E-state index contributed by atoms with van der Waals surface area (Å²) in [7, 11) is 6.28. The van der Waals surface area contributed by atoms with Crippen molar-refractivity contribution >= 4 is 39.4 Å². The molecule has 0 aliphatic heterocycles. The van der Waals surface area contributed by atoms with E-state index in [-0.39, 0.29) is 52.9 Å². The molecule has 0 saturated heterocycles. The van der Waals surface area contributed by atoms with E-state index in [1.54, 1.807) is 108 Å². The first-order valence-electron chi connectivity index (χ1n) is 20.1. The van der Waals surface area contributed by atoms with Gasteiger partial charge in [0.05, 0.1) is 60.0 Å². The molecular weight excluding hydrogens is 947 g/mol. The predicted octanol–water partition coefficient (Wildman–Crippen LogP) is 4.92. The number of benzene rings is 4. The molecule has 2 N–H and O–H groups in total. The van der Waals surface area contributed by atoms with Crippen LogP contribution in [-0.2, 0) is 26.2 Å². The number of nitrogens with zero attached hydrogens (tertiary/aromatic N) is 4. The van der Waals surface area contributed by atoms with Gasteiger partial charge in [0.2, 0.25) is 0 Å². The molecule has 0 fully saturated rings. The Hall–Kier alpha value is -7.41. The number of carbonyl (C=O) groups is 1. The Morgan fingerprint density at radius 1 is 0.600 bits per heavy atom. The van der Waals surface area contributed by atoms with E-state index in [0.717, 1.165) is 26.8 Å². The van der Waals surface area contributed by atoms with Gasteiger partial charge in [-0.25, -0.2) is 9.59 Å². The van der Waals surface area contributed by atoms with Crippen LogP contribution < -0.4 is 52.3 Å². The number of fused-ring (bicyclic) bond motifs is 1. The number of carbonyl (C=O) groups excluding carboxylic acids is 1. The monoisotopic (exact) mass is 994 g/mol. The van der Waals surface area contributed by atoms with Gasteiger partial charge < -0.3 is 29.2 Å². The number of aryl methyl sites for hydroxylation is 1. The molecule has 0 unspecified atom stereocenters. The van der Waals surface area contributed by atoms with E-state index in [1.807, 2.05) is 46.9 Å². The van der Waals surface area contributed by atoms with Crippen molar-refractivity contribution in [3.63, 3.8) is 0 Å². The number of hydrogen-bond acceptors (Lipinski definition) is 10. The van der Waals surface area contributed by atoms with E-state index in [2.05, 4.69) is 16.9 Å². The molecule has 1 amide bonds. The summed E-state index contributed by atoms with van der Waals surface area (Å²) in [6, 6.07) is 28.6. The van der Waals surface area contributed by atoms with Crippen molar-refractivity contribution < 1.29 is 23.7 Å². The van der Waals surface area contributed by atoms with Crippen LogP contribution in [0.25, 0.3) is 10.9 Å². The van der Waals surface area contributed by atoms with Gasteiger partial charge in [0, 0.05) is 12.7 Å².